The Bertz CT molecular complexity index is 1160. The molecule has 1 unspecified atom stereocenters. The molecule has 29 heavy (non-hydrogen) atoms. The van der Waals surface area contributed by atoms with Crippen LogP contribution >= 0.6 is 0 Å². The maximum Gasteiger partial charge on any atom is 0.306 e. The molecule has 0 radical (unpaired) electrons. The summed E-state index contributed by atoms with van der Waals surface area (Å²) < 4.78 is 22.1. The van der Waals surface area contributed by atoms with Crippen LogP contribution in [-0.4, -0.2) is 23.8 Å². The van der Waals surface area contributed by atoms with Gasteiger partial charge in [0, 0.05) is 29.3 Å². The van der Waals surface area contributed by atoms with Crippen LogP contribution in [0.4, 0.5) is 0 Å². The molecule has 0 fully saturated rings. The number of ketones is 1. The van der Waals surface area contributed by atoms with Crippen LogP contribution in [0.3, 0.4) is 0 Å². The molecule has 2 aliphatic heterocycles. The first-order chi connectivity index (χ1) is 14.2. The number of carbonyl (C=O) groups is 2. The van der Waals surface area contributed by atoms with Crippen LogP contribution in [0.2, 0.25) is 0 Å². The molecular weight excluding hydrogens is 374 g/mol. The van der Waals surface area contributed by atoms with Crippen LogP contribution in [0.5, 0.6) is 17.4 Å². The molecule has 2 aliphatic rings. The van der Waals surface area contributed by atoms with E-state index >= 15 is 0 Å². The van der Waals surface area contributed by atoms with Crippen LogP contribution in [0.25, 0.3) is 6.08 Å². The number of pyridine rings is 1. The molecule has 3 aromatic rings. The summed E-state index contributed by atoms with van der Waals surface area (Å²) in [5, 5.41) is 0. The van der Waals surface area contributed by atoms with Gasteiger partial charge in [0.1, 0.15) is 17.3 Å². The van der Waals surface area contributed by atoms with Crippen molar-refractivity contribution in [2.45, 2.75) is 12.3 Å². The second-order valence-corrected chi connectivity index (χ2v) is 6.64. The van der Waals surface area contributed by atoms with Crippen LogP contribution in [0.1, 0.15) is 39.6 Å². The van der Waals surface area contributed by atoms with Crippen LogP contribution in [0, 0.1) is 0 Å². The van der Waals surface area contributed by atoms with Gasteiger partial charge in [-0.3, -0.25) is 9.59 Å². The van der Waals surface area contributed by atoms with E-state index in [9.17, 15) is 9.59 Å². The molecular formula is C22H15NO6. The topological polar surface area (TPSA) is 87.9 Å². The number of ether oxygens (including phenoxy) is 3. The number of rotatable bonds is 3. The molecule has 2 aromatic heterocycles. The van der Waals surface area contributed by atoms with E-state index in [1.165, 1.54) is 13.4 Å². The maximum atomic E-state index is 12.9. The largest absolute Gasteiger partial charge is 0.469 e. The molecule has 7 heteroatoms. The van der Waals surface area contributed by atoms with Crippen molar-refractivity contribution in [1.82, 2.24) is 4.98 Å². The lowest BCUT2D eigenvalue weighted by molar-refractivity contribution is -0.140. The van der Waals surface area contributed by atoms with Gasteiger partial charge in [-0.05, 0) is 30.3 Å². The van der Waals surface area contributed by atoms with Gasteiger partial charge >= 0.3 is 5.97 Å². The Hall–Kier alpha value is -3.87. The van der Waals surface area contributed by atoms with Crippen molar-refractivity contribution < 1.29 is 28.2 Å². The zero-order valence-electron chi connectivity index (χ0n) is 15.4. The molecule has 7 nitrogen and oxygen atoms in total. The molecule has 5 rings (SSSR count). The third-order valence-electron chi connectivity index (χ3n) is 4.98. The number of esters is 1. The van der Waals surface area contributed by atoms with Gasteiger partial charge in [-0.15, -0.1) is 0 Å². The van der Waals surface area contributed by atoms with Crippen molar-refractivity contribution in [2.75, 3.05) is 7.11 Å². The fraction of sp³-hybridized carbons (Fsp3) is 0.136. The lowest BCUT2D eigenvalue weighted by Gasteiger charge is -2.27. The van der Waals surface area contributed by atoms with Crippen molar-refractivity contribution in [1.29, 1.82) is 0 Å². The van der Waals surface area contributed by atoms with Gasteiger partial charge in [-0.1, -0.05) is 6.07 Å². The smallest absolute Gasteiger partial charge is 0.306 e. The van der Waals surface area contributed by atoms with E-state index in [4.69, 9.17) is 18.6 Å². The molecule has 0 aliphatic carbocycles. The van der Waals surface area contributed by atoms with Gasteiger partial charge in [0.25, 0.3) is 0 Å². The number of allylic oxidation sites excluding steroid dienone is 1. The number of hydrogen-bond donors (Lipinski definition) is 0. The van der Waals surface area contributed by atoms with Gasteiger partial charge in [-0.2, -0.15) is 0 Å². The summed E-state index contributed by atoms with van der Waals surface area (Å²) in [6, 6.07) is 10.4. The average molecular weight is 389 g/mol. The Morgan fingerprint density at radius 2 is 2.10 bits per heavy atom. The molecule has 0 N–H and O–H groups in total. The molecule has 0 bridgehead atoms. The van der Waals surface area contributed by atoms with E-state index in [0.717, 1.165) is 5.56 Å². The number of hydrogen-bond acceptors (Lipinski definition) is 7. The van der Waals surface area contributed by atoms with Gasteiger partial charge in [0.15, 0.2) is 5.76 Å². The van der Waals surface area contributed by atoms with E-state index in [0.29, 0.717) is 34.3 Å². The van der Waals surface area contributed by atoms with Crippen LogP contribution in [0.15, 0.2) is 59.0 Å². The first-order valence-corrected chi connectivity index (χ1v) is 9.00. The van der Waals surface area contributed by atoms with E-state index in [1.807, 2.05) is 6.07 Å². The lowest BCUT2D eigenvalue weighted by Crippen LogP contribution is -2.16. The summed E-state index contributed by atoms with van der Waals surface area (Å²) in [4.78, 5) is 29.3. The van der Waals surface area contributed by atoms with Gasteiger partial charge < -0.3 is 18.6 Å². The van der Waals surface area contributed by atoms with Crippen molar-refractivity contribution in [3.8, 4) is 17.4 Å². The number of benzene rings is 1. The number of fused-ring (bicyclic) bond motifs is 4. The quantitative estimate of drug-likeness (QED) is 0.492. The summed E-state index contributed by atoms with van der Waals surface area (Å²) in [6.07, 6.45) is 4.75. The van der Waals surface area contributed by atoms with Crippen LogP contribution in [-0.2, 0) is 9.53 Å². The number of methoxy groups -OCH3 is 1. The number of aromatic nitrogens is 1. The highest BCUT2D eigenvalue weighted by molar-refractivity contribution is 6.15. The van der Waals surface area contributed by atoms with E-state index in [-0.39, 0.29) is 23.9 Å². The molecule has 0 amide bonds. The first-order valence-electron chi connectivity index (χ1n) is 9.00. The summed E-state index contributed by atoms with van der Waals surface area (Å²) in [7, 11) is 1.34. The average Bonchev–Trinajstić information content (AvgIpc) is 3.36. The minimum Gasteiger partial charge on any atom is -0.469 e. The highest BCUT2D eigenvalue weighted by Gasteiger charge is 2.39. The van der Waals surface area contributed by atoms with Gasteiger partial charge in [0.05, 0.1) is 25.4 Å². The zero-order chi connectivity index (χ0) is 20.0. The third-order valence-corrected chi connectivity index (χ3v) is 4.98. The third kappa shape index (κ3) is 2.79. The first kappa shape index (κ1) is 17.2. The number of Topliss-reactive ketones (excluding diaryl/α,β-unsaturated/α-hetero) is 1. The van der Waals surface area contributed by atoms with E-state index in [2.05, 4.69) is 4.98 Å². The summed E-state index contributed by atoms with van der Waals surface area (Å²) in [5.41, 5.74) is 1.77. The minimum atomic E-state index is -0.416. The SMILES string of the molecule is COC(=O)CC1c2cccnc2Oc2ccc3c(c21)OC(=Cc1ccco1)C3=O. The Morgan fingerprint density at radius 1 is 1.21 bits per heavy atom. The fourth-order valence-electron chi connectivity index (χ4n) is 3.65. The summed E-state index contributed by atoms with van der Waals surface area (Å²) in [5.74, 6) is 0.901. The number of carbonyl (C=O) groups excluding carboxylic acids is 2. The second kappa shape index (κ2) is 6.63. The van der Waals surface area contributed by atoms with Crippen LogP contribution < -0.4 is 9.47 Å². The zero-order valence-corrected chi connectivity index (χ0v) is 15.4. The monoisotopic (exact) mass is 389 g/mol. The molecule has 144 valence electrons. The molecule has 0 spiro atoms. The van der Waals surface area contributed by atoms with Gasteiger partial charge in [0.2, 0.25) is 11.7 Å². The van der Waals surface area contributed by atoms with E-state index in [1.54, 1.807) is 42.6 Å². The minimum absolute atomic E-state index is 0.0663. The fourth-order valence-corrected chi connectivity index (χ4v) is 3.65. The predicted octanol–water partition coefficient (Wildman–Crippen LogP) is 4.09. The molecule has 1 aromatic carbocycles. The molecule has 0 saturated carbocycles. The lowest BCUT2D eigenvalue weighted by atomic mass is 9.85. The predicted molar refractivity (Wildman–Crippen MR) is 101 cm³/mol. The highest BCUT2D eigenvalue weighted by Crippen LogP contribution is 2.52. The molecule has 4 heterocycles. The summed E-state index contributed by atoms with van der Waals surface area (Å²) >= 11 is 0. The molecule has 0 saturated heterocycles. The van der Waals surface area contributed by atoms with Crippen molar-refractivity contribution in [3.05, 3.63) is 77.1 Å². The highest BCUT2D eigenvalue weighted by atomic mass is 16.5. The summed E-state index contributed by atoms with van der Waals surface area (Å²) in [6.45, 7) is 0. The van der Waals surface area contributed by atoms with E-state index < -0.39 is 5.92 Å². The van der Waals surface area contributed by atoms with Gasteiger partial charge in [-0.25, -0.2) is 4.98 Å². The Labute approximate surface area is 165 Å². The molecule has 1 atom stereocenters. The Balaban J connectivity index is 1.64. The number of furan rings is 1. The standard InChI is InChI=1S/C22H15NO6/c1-26-18(24)11-15-13-5-2-8-23-22(13)29-16-7-6-14-20(25)17(28-21(14)19(15)16)10-12-4-3-9-27-12/h2-10,15H,11H2,1H3. The van der Waals surface area contributed by atoms with Crippen molar-refractivity contribution in [2.24, 2.45) is 0 Å². The Kier molecular flexibility index (Phi) is 3.94. The maximum absolute atomic E-state index is 12.9. The normalized spacial score (nSPS) is 17.8. The Morgan fingerprint density at radius 3 is 2.90 bits per heavy atom. The number of nitrogens with zero attached hydrogens (tertiary/aromatic N) is 1. The second-order valence-electron chi connectivity index (χ2n) is 6.64. The van der Waals surface area contributed by atoms with Crippen molar-refractivity contribution in [3.63, 3.8) is 0 Å². The van der Waals surface area contributed by atoms with Crippen molar-refractivity contribution >= 4 is 17.8 Å².